The van der Waals surface area contributed by atoms with Gasteiger partial charge in [0.1, 0.15) is 6.04 Å². The molecule has 0 aromatic heterocycles. The molecule has 0 aliphatic carbocycles. The molecule has 1 saturated heterocycles. The number of halogens is 4. The summed E-state index contributed by atoms with van der Waals surface area (Å²) in [5.41, 5.74) is 0.383. The highest BCUT2D eigenvalue weighted by Crippen LogP contribution is 2.34. The number of rotatable bonds is 1. The highest BCUT2D eigenvalue weighted by Gasteiger charge is 2.46. The van der Waals surface area contributed by atoms with Crippen molar-refractivity contribution in [1.82, 2.24) is 5.32 Å². The molecule has 0 radical (unpaired) electrons. The number of nitrogens with one attached hydrogen (secondary N) is 1. The number of benzene rings is 1. The largest absolute Gasteiger partial charge is 0.443 e. The Kier molecular flexibility index (Phi) is 4.54. The number of ether oxygens (including phenoxy) is 1. The monoisotopic (exact) mass is 375 g/mol. The first-order valence-corrected chi connectivity index (χ1v) is 5.63. The van der Waals surface area contributed by atoms with Gasteiger partial charge in [-0.1, -0.05) is 12.1 Å². The number of alkyl carbamates (subject to hydrolysis) is 1. The second-order valence-electron chi connectivity index (χ2n) is 3.47. The van der Waals surface area contributed by atoms with E-state index in [1.54, 1.807) is 24.3 Å². The van der Waals surface area contributed by atoms with E-state index < -0.39 is 24.7 Å². The van der Waals surface area contributed by atoms with Gasteiger partial charge >= 0.3 is 12.0 Å². The van der Waals surface area contributed by atoms with E-state index in [9.17, 15) is 13.6 Å². The molecule has 1 aliphatic rings. The van der Waals surface area contributed by atoms with Crippen LogP contribution in [-0.4, -0.2) is 18.6 Å². The van der Waals surface area contributed by atoms with Crippen LogP contribution in [0.15, 0.2) is 24.3 Å². The molecule has 1 heterocycles. The highest BCUT2D eigenvalue weighted by atomic mass is 127. The van der Waals surface area contributed by atoms with Gasteiger partial charge in [-0.2, -0.15) is 0 Å². The number of amides is 1. The highest BCUT2D eigenvalue weighted by molar-refractivity contribution is 14.1. The number of cyclic esters (lactones) is 1. The molecular formula is C10H9ClF2INO2. The van der Waals surface area contributed by atoms with Crippen molar-refractivity contribution in [3.8, 4) is 0 Å². The third-order valence-electron chi connectivity index (χ3n) is 2.26. The van der Waals surface area contributed by atoms with E-state index in [0.717, 1.165) is 3.57 Å². The van der Waals surface area contributed by atoms with E-state index in [-0.39, 0.29) is 12.4 Å². The van der Waals surface area contributed by atoms with Crippen LogP contribution < -0.4 is 5.32 Å². The van der Waals surface area contributed by atoms with E-state index in [1.165, 1.54) is 0 Å². The van der Waals surface area contributed by atoms with Gasteiger partial charge in [0, 0.05) is 3.57 Å². The zero-order chi connectivity index (χ0) is 11.8. The maximum absolute atomic E-state index is 13.5. The van der Waals surface area contributed by atoms with Crippen molar-refractivity contribution in [3.63, 3.8) is 0 Å². The van der Waals surface area contributed by atoms with Crippen molar-refractivity contribution in [2.75, 3.05) is 6.61 Å². The first kappa shape index (κ1) is 14.4. The molecule has 0 unspecified atom stereocenters. The lowest BCUT2D eigenvalue weighted by Gasteiger charge is -2.31. The SMILES string of the molecule is Cl.O=C1N[C@H](c2cccc(I)c2)C(F)(F)CO1. The standard InChI is InChI=1S/C10H8F2INO2.ClH/c11-10(12)5-16-9(15)14-8(10)6-2-1-3-7(13)4-6;/h1-4,8H,5H2,(H,14,15);1H/t8-;/m1./s1. The van der Waals surface area contributed by atoms with Crippen LogP contribution in [0, 0.1) is 3.57 Å². The molecule has 1 N–H and O–H groups in total. The summed E-state index contributed by atoms with van der Waals surface area (Å²) in [5.74, 6) is -3.08. The Morgan fingerprint density at radius 3 is 2.82 bits per heavy atom. The minimum Gasteiger partial charge on any atom is -0.443 e. The van der Waals surface area contributed by atoms with Crippen LogP contribution in [0.3, 0.4) is 0 Å². The maximum atomic E-state index is 13.5. The molecule has 0 spiro atoms. The van der Waals surface area contributed by atoms with Gasteiger partial charge in [-0.05, 0) is 40.3 Å². The van der Waals surface area contributed by atoms with Gasteiger partial charge in [0.15, 0.2) is 6.61 Å². The lowest BCUT2D eigenvalue weighted by molar-refractivity contribution is -0.104. The van der Waals surface area contributed by atoms with E-state index >= 15 is 0 Å². The number of alkyl halides is 2. The van der Waals surface area contributed by atoms with Crippen LogP contribution in [0.25, 0.3) is 0 Å². The van der Waals surface area contributed by atoms with Crippen LogP contribution >= 0.6 is 35.0 Å². The molecule has 94 valence electrons. The Hall–Kier alpha value is -0.630. The zero-order valence-electron chi connectivity index (χ0n) is 8.45. The molecule has 0 saturated carbocycles. The minimum atomic E-state index is -3.08. The van der Waals surface area contributed by atoms with Crippen molar-refractivity contribution < 1.29 is 18.3 Å². The summed E-state index contributed by atoms with van der Waals surface area (Å²) in [4.78, 5) is 11.0. The fraction of sp³-hybridized carbons (Fsp3) is 0.300. The summed E-state index contributed by atoms with van der Waals surface area (Å²) < 4.78 is 32.1. The van der Waals surface area contributed by atoms with Crippen molar-refractivity contribution in [2.45, 2.75) is 12.0 Å². The first-order chi connectivity index (χ1) is 7.49. The second-order valence-corrected chi connectivity index (χ2v) is 4.72. The maximum Gasteiger partial charge on any atom is 0.408 e. The first-order valence-electron chi connectivity index (χ1n) is 4.55. The lowest BCUT2D eigenvalue weighted by atomic mass is 10.0. The second kappa shape index (κ2) is 5.34. The minimum absolute atomic E-state index is 0. The molecule has 7 heteroatoms. The van der Waals surface area contributed by atoms with Crippen molar-refractivity contribution in [2.24, 2.45) is 0 Å². The van der Waals surface area contributed by atoms with Crippen LogP contribution in [0.4, 0.5) is 13.6 Å². The van der Waals surface area contributed by atoms with Gasteiger partial charge in [0.2, 0.25) is 0 Å². The van der Waals surface area contributed by atoms with E-state index in [4.69, 9.17) is 0 Å². The van der Waals surface area contributed by atoms with E-state index in [1.807, 2.05) is 22.6 Å². The van der Waals surface area contributed by atoms with Gasteiger partial charge in [-0.25, -0.2) is 13.6 Å². The summed E-state index contributed by atoms with van der Waals surface area (Å²) in [5, 5.41) is 2.14. The Morgan fingerprint density at radius 1 is 1.47 bits per heavy atom. The summed E-state index contributed by atoms with van der Waals surface area (Å²) in [6, 6.07) is 5.33. The molecule has 17 heavy (non-hydrogen) atoms. The van der Waals surface area contributed by atoms with E-state index in [2.05, 4.69) is 10.1 Å². The van der Waals surface area contributed by atoms with Crippen molar-refractivity contribution in [3.05, 3.63) is 33.4 Å². The molecule has 0 bridgehead atoms. The van der Waals surface area contributed by atoms with Crippen molar-refractivity contribution in [1.29, 1.82) is 0 Å². The van der Waals surface area contributed by atoms with Gasteiger partial charge in [-0.3, -0.25) is 0 Å². The third-order valence-corrected chi connectivity index (χ3v) is 2.93. The van der Waals surface area contributed by atoms with Crippen LogP contribution in [0.2, 0.25) is 0 Å². The Labute approximate surface area is 116 Å². The molecule has 3 nitrogen and oxygen atoms in total. The van der Waals surface area contributed by atoms with Crippen molar-refractivity contribution >= 4 is 41.1 Å². The summed E-state index contributed by atoms with van der Waals surface area (Å²) >= 11 is 2.03. The predicted molar refractivity (Wildman–Crippen MR) is 68.6 cm³/mol. The van der Waals surface area contributed by atoms with Crippen LogP contribution in [0.5, 0.6) is 0 Å². The Morgan fingerprint density at radius 2 is 2.18 bits per heavy atom. The van der Waals surface area contributed by atoms with Gasteiger partial charge in [0.25, 0.3) is 0 Å². The van der Waals surface area contributed by atoms with Gasteiger partial charge < -0.3 is 10.1 Å². The average Bonchev–Trinajstić information content (AvgIpc) is 2.22. The smallest absolute Gasteiger partial charge is 0.408 e. The molecule has 1 fully saturated rings. The summed E-state index contributed by atoms with van der Waals surface area (Å²) in [6.45, 7) is -0.880. The molecule has 1 amide bonds. The number of carbonyl (C=O) groups is 1. The Bertz CT molecular complexity index is 431. The fourth-order valence-corrected chi connectivity index (χ4v) is 2.09. The number of hydrogen-bond acceptors (Lipinski definition) is 2. The summed E-state index contributed by atoms with van der Waals surface area (Å²) in [7, 11) is 0. The normalized spacial score (nSPS) is 22.1. The molecular weight excluding hydrogens is 366 g/mol. The molecule has 1 aliphatic heterocycles. The zero-order valence-corrected chi connectivity index (χ0v) is 11.4. The number of hydrogen-bond donors (Lipinski definition) is 1. The van der Waals surface area contributed by atoms with Crippen LogP contribution in [0.1, 0.15) is 11.6 Å². The fourth-order valence-electron chi connectivity index (χ4n) is 1.52. The van der Waals surface area contributed by atoms with Gasteiger partial charge in [-0.15, -0.1) is 12.4 Å². The average molecular weight is 376 g/mol. The topological polar surface area (TPSA) is 38.3 Å². The quantitative estimate of drug-likeness (QED) is 0.766. The van der Waals surface area contributed by atoms with Crippen LogP contribution in [-0.2, 0) is 4.74 Å². The molecule has 1 aromatic carbocycles. The summed E-state index contributed by atoms with van der Waals surface area (Å²) in [6.07, 6.45) is -0.810. The third kappa shape index (κ3) is 3.19. The van der Waals surface area contributed by atoms with Gasteiger partial charge in [0.05, 0.1) is 0 Å². The molecule has 1 atom stereocenters. The van der Waals surface area contributed by atoms with E-state index in [0.29, 0.717) is 5.56 Å². The Balaban J connectivity index is 0.00000144. The molecule has 1 aromatic rings. The molecule has 2 rings (SSSR count). The number of carbonyl (C=O) groups excluding carboxylic acids is 1. The predicted octanol–water partition coefficient (Wildman–Crippen LogP) is 3.13. The lowest BCUT2D eigenvalue weighted by Crippen LogP contribution is -2.49.